The van der Waals surface area contributed by atoms with Crippen molar-refractivity contribution in [3.63, 3.8) is 0 Å². The Bertz CT molecular complexity index is 975. The molecule has 26 heavy (non-hydrogen) atoms. The number of amides is 1. The highest BCUT2D eigenvalue weighted by molar-refractivity contribution is 6.33. The maximum atomic E-state index is 13.3. The van der Waals surface area contributed by atoms with Crippen LogP contribution in [0.15, 0.2) is 48.5 Å². The number of carbonyl (C=O) groups excluding carboxylic acids is 1. The van der Waals surface area contributed by atoms with E-state index in [4.69, 9.17) is 11.6 Å². The van der Waals surface area contributed by atoms with Gasteiger partial charge in [-0.1, -0.05) is 23.7 Å². The maximum absolute atomic E-state index is 13.3. The lowest BCUT2D eigenvalue weighted by Gasteiger charge is -2.24. The van der Waals surface area contributed by atoms with Gasteiger partial charge in [0.2, 0.25) is 0 Å². The summed E-state index contributed by atoms with van der Waals surface area (Å²) in [5.41, 5.74) is -0.494. The Labute approximate surface area is 153 Å². The Balaban J connectivity index is 1.79. The highest BCUT2D eigenvalue weighted by atomic mass is 35.5. The molecule has 1 heterocycles. The van der Waals surface area contributed by atoms with Crippen LogP contribution in [0, 0.1) is 11.6 Å². The number of aromatic nitrogens is 1. The Morgan fingerprint density at radius 2 is 1.81 bits per heavy atom. The number of halogens is 3. The van der Waals surface area contributed by atoms with Gasteiger partial charge in [0.25, 0.3) is 5.91 Å². The number of carbonyl (C=O) groups is 1. The third-order valence-corrected chi connectivity index (χ3v) is 4.33. The minimum absolute atomic E-state index is 0.0676. The molecule has 134 valence electrons. The molecule has 0 spiro atoms. The van der Waals surface area contributed by atoms with Crippen molar-refractivity contribution in [3.05, 3.63) is 76.4 Å². The molecule has 7 heteroatoms. The number of benzene rings is 2. The SMILES string of the molecule is CC(O)(CNC(=O)c1cc2ccc(F)cc2nc1Cl)c1ccc(F)cc1. The molecule has 1 unspecified atom stereocenters. The summed E-state index contributed by atoms with van der Waals surface area (Å²) in [7, 11) is 0. The lowest BCUT2D eigenvalue weighted by atomic mass is 9.96. The first-order valence-corrected chi connectivity index (χ1v) is 8.16. The van der Waals surface area contributed by atoms with Crippen LogP contribution in [0.25, 0.3) is 10.9 Å². The molecule has 0 bridgehead atoms. The number of fused-ring (bicyclic) bond motifs is 1. The predicted octanol–water partition coefficient (Wildman–Crippen LogP) is 3.80. The molecule has 0 aliphatic carbocycles. The van der Waals surface area contributed by atoms with Crippen LogP contribution in [0.3, 0.4) is 0 Å². The summed E-state index contributed by atoms with van der Waals surface area (Å²) in [4.78, 5) is 16.5. The highest BCUT2D eigenvalue weighted by Crippen LogP contribution is 2.23. The topological polar surface area (TPSA) is 62.2 Å². The van der Waals surface area contributed by atoms with Crippen LogP contribution in [-0.4, -0.2) is 22.5 Å². The number of rotatable bonds is 4. The van der Waals surface area contributed by atoms with Crippen molar-refractivity contribution < 1.29 is 18.7 Å². The second-order valence-electron chi connectivity index (χ2n) is 6.13. The van der Waals surface area contributed by atoms with E-state index in [9.17, 15) is 18.7 Å². The van der Waals surface area contributed by atoms with Crippen LogP contribution >= 0.6 is 11.6 Å². The Hall–Kier alpha value is -2.57. The number of hydrogen-bond donors (Lipinski definition) is 2. The summed E-state index contributed by atoms with van der Waals surface area (Å²) in [6.07, 6.45) is 0. The lowest BCUT2D eigenvalue weighted by molar-refractivity contribution is 0.0526. The fourth-order valence-corrected chi connectivity index (χ4v) is 2.77. The van der Waals surface area contributed by atoms with Gasteiger partial charge in [-0.05, 0) is 42.8 Å². The minimum atomic E-state index is -1.40. The van der Waals surface area contributed by atoms with E-state index in [1.807, 2.05) is 0 Å². The Kier molecular flexibility index (Phi) is 4.89. The maximum Gasteiger partial charge on any atom is 0.254 e. The molecule has 0 aliphatic rings. The van der Waals surface area contributed by atoms with Gasteiger partial charge in [0.15, 0.2) is 0 Å². The van der Waals surface area contributed by atoms with E-state index in [0.717, 1.165) is 0 Å². The first-order chi connectivity index (χ1) is 12.3. The van der Waals surface area contributed by atoms with Crippen molar-refractivity contribution in [2.75, 3.05) is 6.54 Å². The van der Waals surface area contributed by atoms with E-state index in [1.165, 1.54) is 55.5 Å². The van der Waals surface area contributed by atoms with Crippen LogP contribution < -0.4 is 5.32 Å². The lowest BCUT2D eigenvalue weighted by Crippen LogP contribution is -2.38. The number of pyridine rings is 1. The average Bonchev–Trinajstić information content (AvgIpc) is 2.59. The van der Waals surface area contributed by atoms with Gasteiger partial charge in [0, 0.05) is 11.5 Å². The summed E-state index contributed by atoms with van der Waals surface area (Å²) in [6, 6.07) is 10.8. The molecule has 0 radical (unpaired) electrons. The van der Waals surface area contributed by atoms with Gasteiger partial charge in [-0.3, -0.25) is 4.79 Å². The molecule has 0 aliphatic heterocycles. The summed E-state index contributed by atoms with van der Waals surface area (Å²) < 4.78 is 26.3. The van der Waals surface area contributed by atoms with E-state index < -0.39 is 23.1 Å². The first kappa shape index (κ1) is 18.2. The van der Waals surface area contributed by atoms with Crippen molar-refractivity contribution in [1.29, 1.82) is 0 Å². The summed E-state index contributed by atoms with van der Waals surface area (Å²) in [5.74, 6) is -1.40. The molecule has 4 nitrogen and oxygen atoms in total. The number of nitrogens with one attached hydrogen (secondary N) is 1. The van der Waals surface area contributed by atoms with E-state index in [2.05, 4.69) is 10.3 Å². The molecular weight excluding hydrogens is 362 g/mol. The van der Waals surface area contributed by atoms with E-state index in [1.54, 1.807) is 0 Å². The van der Waals surface area contributed by atoms with Gasteiger partial charge in [-0.25, -0.2) is 13.8 Å². The van der Waals surface area contributed by atoms with Crippen LogP contribution in [0.4, 0.5) is 8.78 Å². The quantitative estimate of drug-likeness (QED) is 0.681. The molecule has 3 rings (SSSR count). The van der Waals surface area contributed by atoms with Gasteiger partial charge < -0.3 is 10.4 Å². The molecule has 1 amide bonds. The normalized spacial score (nSPS) is 13.4. The standard InChI is InChI=1S/C19H15ClF2N2O2/c1-19(26,12-3-6-13(21)7-4-12)10-23-18(25)15-8-11-2-5-14(22)9-16(11)24-17(15)20/h2-9,26H,10H2,1H3,(H,23,25). The summed E-state index contributed by atoms with van der Waals surface area (Å²) in [5, 5.41) is 13.6. The fourth-order valence-electron chi connectivity index (χ4n) is 2.53. The molecule has 2 aromatic carbocycles. The first-order valence-electron chi connectivity index (χ1n) is 7.79. The van der Waals surface area contributed by atoms with E-state index in [0.29, 0.717) is 16.5 Å². The van der Waals surface area contributed by atoms with Gasteiger partial charge in [0.05, 0.1) is 17.6 Å². The van der Waals surface area contributed by atoms with Crippen LogP contribution in [0.1, 0.15) is 22.8 Å². The number of aliphatic hydroxyl groups is 1. The molecular formula is C19H15ClF2N2O2. The molecule has 0 fully saturated rings. The average molecular weight is 377 g/mol. The van der Waals surface area contributed by atoms with Gasteiger partial charge >= 0.3 is 0 Å². The van der Waals surface area contributed by atoms with Crippen molar-refractivity contribution in [3.8, 4) is 0 Å². The molecule has 1 aromatic heterocycles. The minimum Gasteiger partial charge on any atom is -0.384 e. The number of hydrogen-bond acceptors (Lipinski definition) is 3. The second kappa shape index (κ2) is 6.97. The molecule has 0 saturated carbocycles. The largest absolute Gasteiger partial charge is 0.384 e. The molecule has 3 aromatic rings. The van der Waals surface area contributed by atoms with Crippen LogP contribution in [-0.2, 0) is 5.60 Å². The van der Waals surface area contributed by atoms with E-state index >= 15 is 0 Å². The summed E-state index contributed by atoms with van der Waals surface area (Å²) >= 11 is 6.04. The fraction of sp³-hybridized carbons (Fsp3) is 0.158. The second-order valence-corrected chi connectivity index (χ2v) is 6.49. The zero-order chi connectivity index (χ0) is 18.9. The third-order valence-electron chi connectivity index (χ3n) is 4.04. The van der Waals surface area contributed by atoms with Gasteiger partial charge in [-0.15, -0.1) is 0 Å². The smallest absolute Gasteiger partial charge is 0.254 e. The highest BCUT2D eigenvalue weighted by Gasteiger charge is 2.25. The Morgan fingerprint density at radius 3 is 2.50 bits per heavy atom. The Morgan fingerprint density at radius 1 is 1.15 bits per heavy atom. The van der Waals surface area contributed by atoms with Crippen molar-refractivity contribution in [2.45, 2.75) is 12.5 Å². The monoisotopic (exact) mass is 376 g/mol. The number of nitrogens with zero attached hydrogens (tertiary/aromatic N) is 1. The van der Waals surface area contributed by atoms with E-state index in [-0.39, 0.29) is 17.3 Å². The third kappa shape index (κ3) is 3.81. The van der Waals surface area contributed by atoms with Gasteiger partial charge in [0.1, 0.15) is 22.4 Å². The van der Waals surface area contributed by atoms with Gasteiger partial charge in [-0.2, -0.15) is 0 Å². The van der Waals surface area contributed by atoms with Crippen molar-refractivity contribution in [2.24, 2.45) is 0 Å². The molecule has 2 N–H and O–H groups in total. The predicted molar refractivity (Wildman–Crippen MR) is 95.0 cm³/mol. The van der Waals surface area contributed by atoms with Crippen LogP contribution in [0.2, 0.25) is 5.15 Å². The molecule has 1 atom stereocenters. The van der Waals surface area contributed by atoms with Crippen molar-refractivity contribution in [1.82, 2.24) is 10.3 Å². The van der Waals surface area contributed by atoms with Crippen molar-refractivity contribution >= 4 is 28.4 Å². The summed E-state index contributed by atoms with van der Waals surface area (Å²) in [6.45, 7) is 1.39. The zero-order valence-corrected chi connectivity index (χ0v) is 14.5. The van der Waals surface area contributed by atoms with Crippen LogP contribution in [0.5, 0.6) is 0 Å². The zero-order valence-electron chi connectivity index (χ0n) is 13.8. The molecule has 0 saturated heterocycles.